The number of hydrogen-bond acceptors (Lipinski definition) is 4. The Hall–Kier alpha value is -1.00. The summed E-state index contributed by atoms with van der Waals surface area (Å²) in [7, 11) is 0. The van der Waals surface area contributed by atoms with Gasteiger partial charge in [0.25, 0.3) is 0 Å². The van der Waals surface area contributed by atoms with Crippen molar-refractivity contribution in [2.45, 2.75) is 49.8 Å². The van der Waals surface area contributed by atoms with Gasteiger partial charge in [0.15, 0.2) is 0 Å². The summed E-state index contributed by atoms with van der Waals surface area (Å²) in [5.41, 5.74) is 6.27. The molecule has 0 saturated heterocycles. The molecule has 1 unspecified atom stereocenters. The largest absolute Gasteiger partial charge is 0.464 e. The Morgan fingerprint density at radius 3 is 2.57 bits per heavy atom. The fourth-order valence-electron chi connectivity index (χ4n) is 2.74. The molecule has 1 aromatic carbocycles. The molecule has 0 heterocycles. The highest BCUT2D eigenvalue weighted by Gasteiger charge is 2.38. The van der Waals surface area contributed by atoms with Crippen molar-refractivity contribution < 1.29 is 9.53 Å². The van der Waals surface area contributed by atoms with Gasteiger partial charge in [0.1, 0.15) is 5.54 Å². The van der Waals surface area contributed by atoms with Crippen molar-refractivity contribution >= 4 is 17.7 Å². The second-order valence-electron chi connectivity index (χ2n) is 5.63. The summed E-state index contributed by atoms with van der Waals surface area (Å²) in [6.45, 7) is 2.18. The minimum absolute atomic E-state index is 0.320. The number of benzene rings is 1. The van der Waals surface area contributed by atoms with E-state index in [0.29, 0.717) is 17.6 Å². The van der Waals surface area contributed by atoms with Gasteiger partial charge in [-0.25, -0.2) is 4.79 Å². The molecule has 2 rings (SSSR count). The van der Waals surface area contributed by atoms with Crippen LogP contribution in [0.1, 0.15) is 44.6 Å². The van der Waals surface area contributed by atoms with E-state index >= 15 is 0 Å². The molecular weight excluding hydrogens is 282 g/mol. The summed E-state index contributed by atoms with van der Waals surface area (Å²) in [5.74, 6) is 0.264. The fourth-order valence-corrected chi connectivity index (χ4v) is 4.19. The number of carbonyl (C=O) groups is 1. The predicted octanol–water partition coefficient (Wildman–Crippen LogP) is 3.47. The molecule has 1 aliphatic rings. The molecule has 1 aromatic rings. The summed E-state index contributed by atoms with van der Waals surface area (Å²) >= 11 is 1.83. The molecule has 0 spiro atoms. The minimum atomic E-state index is -1.04. The summed E-state index contributed by atoms with van der Waals surface area (Å²) in [4.78, 5) is 12.4. The van der Waals surface area contributed by atoms with E-state index in [-0.39, 0.29) is 5.97 Å². The van der Waals surface area contributed by atoms with Gasteiger partial charge in [0, 0.05) is 11.0 Å². The average Bonchev–Trinajstić information content (AvgIpc) is 2.54. The molecule has 4 heteroatoms. The van der Waals surface area contributed by atoms with Crippen LogP contribution in [0, 0.1) is 0 Å². The van der Waals surface area contributed by atoms with Gasteiger partial charge in [-0.15, -0.1) is 0 Å². The Bertz CT molecular complexity index is 445. The van der Waals surface area contributed by atoms with E-state index in [1.54, 1.807) is 0 Å². The summed E-state index contributed by atoms with van der Waals surface area (Å²) in [6, 6.07) is 9.60. The molecule has 0 amide bonds. The Morgan fingerprint density at radius 2 is 1.95 bits per heavy atom. The average molecular weight is 307 g/mol. The topological polar surface area (TPSA) is 52.3 Å². The Labute approximate surface area is 131 Å². The molecule has 3 nitrogen and oxygen atoms in total. The smallest absolute Gasteiger partial charge is 0.331 e. The van der Waals surface area contributed by atoms with E-state index in [0.717, 1.165) is 5.56 Å². The Morgan fingerprint density at radius 1 is 1.29 bits per heavy atom. The van der Waals surface area contributed by atoms with Gasteiger partial charge in [-0.3, -0.25) is 0 Å². The quantitative estimate of drug-likeness (QED) is 0.818. The van der Waals surface area contributed by atoms with Crippen molar-refractivity contribution in [3.63, 3.8) is 0 Å². The van der Waals surface area contributed by atoms with Crippen molar-refractivity contribution in [3.8, 4) is 0 Å². The third kappa shape index (κ3) is 4.24. The molecule has 1 atom stereocenters. The first-order valence-electron chi connectivity index (χ1n) is 7.80. The molecular formula is C17H25NO2S. The van der Waals surface area contributed by atoms with Gasteiger partial charge in [0.2, 0.25) is 0 Å². The van der Waals surface area contributed by atoms with Crippen molar-refractivity contribution in [1.82, 2.24) is 0 Å². The highest BCUT2D eigenvalue weighted by atomic mass is 32.2. The molecule has 0 aromatic heterocycles. The molecule has 0 bridgehead atoms. The maximum atomic E-state index is 12.4. The van der Waals surface area contributed by atoms with Crippen LogP contribution < -0.4 is 5.73 Å². The van der Waals surface area contributed by atoms with Crippen LogP contribution in [0.2, 0.25) is 0 Å². The highest BCUT2D eigenvalue weighted by molar-refractivity contribution is 8.00. The molecule has 116 valence electrons. The number of nitrogens with two attached hydrogens (primary N) is 1. The normalized spacial score (nSPS) is 19.0. The van der Waals surface area contributed by atoms with Crippen LogP contribution in [0.5, 0.6) is 0 Å². The monoisotopic (exact) mass is 307 g/mol. The second kappa shape index (κ2) is 7.85. The summed E-state index contributed by atoms with van der Waals surface area (Å²) in [5, 5.41) is 0.625. The van der Waals surface area contributed by atoms with Gasteiger partial charge in [0.05, 0.1) is 6.61 Å². The lowest BCUT2D eigenvalue weighted by Crippen LogP contribution is -2.48. The van der Waals surface area contributed by atoms with Crippen molar-refractivity contribution in [1.29, 1.82) is 0 Å². The van der Waals surface area contributed by atoms with Gasteiger partial charge >= 0.3 is 5.97 Å². The number of hydrogen-bond donors (Lipinski definition) is 1. The standard InChI is InChI=1S/C17H25NO2S/c1-2-20-16(19)17(18,14-9-5-3-6-10-14)13-21-15-11-7-4-8-12-15/h3,5-6,9-10,15H,2,4,7-8,11-13,18H2,1H3. The van der Waals surface area contributed by atoms with E-state index in [1.807, 2.05) is 49.0 Å². The zero-order valence-electron chi connectivity index (χ0n) is 12.7. The second-order valence-corrected chi connectivity index (χ2v) is 6.92. The lowest BCUT2D eigenvalue weighted by Gasteiger charge is -2.30. The third-order valence-electron chi connectivity index (χ3n) is 4.03. The van der Waals surface area contributed by atoms with Gasteiger partial charge in [-0.05, 0) is 25.3 Å². The van der Waals surface area contributed by atoms with Crippen molar-refractivity contribution in [2.75, 3.05) is 12.4 Å². The molecule has 1 saturated carbocycles. The molecule has 0 aliphatic heterocycles. The maximum Gasteiger partial charge on any atom is 0.331 e. The Kier molecular flexibility index (Phi) is 6.12. The van der Waals surface area contributed by atoms with Crippen LogP contribution in [0.4, 0.5) is 0 Å². The van der Waals surface area contributed by atoms with Gasteiger partial charge < -0.3 is 10.5 Å². The zero-order valence-corrected chi connectivity index (χ0v) is 13.5. The van der Waals surface area contributed by atoms with Crippen LogP contribution in [0.25, 0.3) is 0 Å². The zero-order chi connectivity index (χ0) is 15.1. The van der Waals surface area contributed by atoms with E-state index in [4.69, 9.17) is 10.5 Å². The van der Waals surface area contributed by atoms with E-state index in [1.165, 1.54) is 32.1 Å². The molecule has 21 heavy (non-hydrogen) atoms. The Balaban J connectivity index is 2.09. The lowest BCUT2D eigenvalue weighted by molar-refractivity contribution is -0.149. The van der Waals surface area contributed by atoms with Crippen LogP contribution in [-0.4, -0.2) is 23.6 Å². The SMILES string of the molecule is CCOC(=O)C(N)(CSC1CCCCC1)c1ccccc1. The number of carbonyl (C=O) groups excluding carboxylic acids is 1. The first-order valence-corrected chi connectivity index (χ1v) is 8.85. The van der Waals surface area contributed by atoms with Gasteiger partial charge in [-0.1, -0.05) is 49.6 Å². The predicted molar refractivity (Wildman–Crippen MR) is 88.3 cm³/mol. The van der Waals surface area contributed by atoms with Crippen LogP contribution >= 0.6 is 11.8 Å². The number of ether oxygens (including phenoxy) is 1. The maximum absolute atomic E-state index is 12.4. The van der Waals surface area contributed by atoms with E-state index in [2.05, 4.69) is 0 Å². The first kappa shape index (κ1) is 16.4. The molecule has 1 aliphatic carbocycles. The third-order valence-corrected chi connectivity index (χ3v) is 5.59. The van der Waals surface area contributed by atoms with Crippen LogP contribution in [0.3, 0.4) is 0 Å². The van der Waals surface area contributed by atoms with Crippen LogP contribution in [0.15, 0.2) is 30.3 Å². The van der Waals surface area contributed by atoms with E-state index < -0.39 is 5.54 Å². The first-order chi connectivity index (χ1) is 10.2. The molecule has 2 N–H and O–H groups in total. The van der Waals surface area contributed by atoms with Crippen molar-refractivity contribution in [2.24, 2.45) is 5.73 Å². The number of rotatable bonds is 6. The molecule has 1 fully saturated rings. The van der Waals surface area contributed by atoms with Crippen molar-refractivity contribution in [3.05, 3.63) is 35.9 Å². The lowest BCUT2D eigenvalue weighted by atomic mass is 9.93. The van der Waals surface area contributed by atoms with Crippen LogP contribution in [-0.2, 0) is 15.1 Å². The summed E-state index contributed by atoms with van der Waals surface area (Å²) in [6.07, 6.45) is 6.39. The summed E-state index contributed by atoms with van der Waals surface area (Å²) < 4.78 is 5.22. The fraction of sp³-hybridized carbons (Fsp3) is 0.588. The van der Waals surface area contributed by atoms with E-state index in [9.17, 15) is 4.79 Å². The number of thioether (sulfide) groups is 1. The minimum Gasteiger partial charge on any atom is -0.464 e. The number of esters is 1. The highest BCUT2D eigenvalue weighted by Crippen LogP contribution is 2.33. The molecule has 0 radical (unpaired) electrons. The van der Waals surface area contributed by atoms with Gasteiger partial charge in [-0.2, -0.15) is 11.8 Å².